The van der Waals surface area contributed by atoms with Gasteiger partial charge in [0.2, 0.25) is 0 Å². The Hall–Kier alpha value is -2.42. The molecule has 152 valence electrons. The molecule has 28 heavy (non-hydrogen) atoms. The molecule has 0 aromatic heterocycles. The molecule has 0 saturated carbocycles. The van der Waals surface area contributed by atoms with Crippen LogP contribution in [0.4, 0.5) is 4.79 Å². The second kappa shape index (κ2) is 9.18. The number of carbonyl (C=O) groups is 1. The molecule has 7 nitrogen and oxygen atoms in total. The molecule has 1 aliphatic heterocycles. The van der Waals surface area contributed by atoms with Crippen molar-refractivity contribution in [2.45, 2.75) is 37.1 Å². The fraction of sp³-hybridized carbons (Fsp3) is 0.350. The first-order valence-corrected chi connectivity index (χ1v) is 10.4. The lowest BCUT2D eigenvalue weighted by molar-refractivity contribution is 0.126. The highest BCUT2D eigenvalue weighted by Gasteiger charge is 2.30. The van der Waals surface area contributed by atoms with Crippen molar-refractivity contribution in [1.29, 1.82) is 0 Å². The van der Waals surface area contributed by atoms with Crippen molar-refractivity contribution < 1.29 is 22.9 Å². The monoisotopic (exact) mass is 406 g/mol. The third-order valence-corrected chi connectivity index (χ3v) is 5.71. The highest BCUT2D eigenvalue weighted by molar-refractivity contribution is 7.85. The third-order valence-electron chi connectivity index (χ3n) is 4.84. The van der Waals surface area contributed by atoms with E-state index in [4.69, 9.17) is 15.4 Å². The minimum atomic E-state index is -4.02. The van der Waals surface area contributed by atoms with Crippen molar-refractivity contribution in [1.82, 2.24) is 4.90 Å². The summed E-state index contributed by atoms with van der Waals surface area (Å²) in [5.74, 6) is 0.112. The van der Waals surface area contributed by atoms with E-state index in [1.807, 2.05) is 38.1 Å². The van der Waals surface area contributed by atoms with Gasteiger partial charge in [-0.1, -0.05) is 42.0 Å². The molecule has 0 bridgehead atoms. The number of likely N-dealkylation sites (tertiary alicyclic amines) is 1. The summed E-state index contributed by atoms with van der Waals surface area (Å²) in [6.45, 7) is 4.93. The number of rotatable bonds is 2. The minimum absolute atomic E-state index is 0.0479. The van der Waals surface area contributed by atoms with Gasteiger partial charge in [0.05, 0.1) is 4.90 Å². The topological polar surface area (TPSA) is 121 Å². The SMILES string of the molecule is Cc1ccc(S(=O)(=O)O)cc1.Cc1ccccc1[C@@H]1CN(C(=O)O)CC[C@H]1N. The molecule has 8 heteroatoms. The van der Waals surface area contributed by atoms with Crippen LogP contribution >= 0.6 is 0 Å². The van der Waals surface area contributed by atoms with Crippen LogP contribution in [0.15, 0.2) is 53.4 Å². The van der Waals surface area contributed by atoms with E-state index in [2.05, 4.69) is 0 Å². The van der Waals surface area contributed by atoms with Gasteiger partial charge in [-0.2, -0.15) is 8.42 Å². The molecule has 1 saturated heterocycles. The summed E-state index contributed by atoms with van der Waals surface area (Å²) in [5, 5.41) is 9.04. The Morgan fingerprint density at radius 2 is 1.71 bits per heavy atom. The molecule has 3 rings (SSSR count). The normalized spacial score (nSPS) is 19.5. The maximum absolute atomic E-state index is 11.0. The molecular formula is C20H26N2O5S. The van der Waals surface area contributed by atoms with E-state index in [1.54, 1.807) is 12.1 Å². The smallest absolute Gasteiger partial charge is 0.407 e. The van der Waals surface area contributed by atoms with Crippen molar-refractivity contribution in [3.05, 3.63) is 65.2 Å². The predicted octanol–water partition coefficient (Wildman–Crippen LogP) is 3.03. The second-order valence-electron chi connectivity index (χ2n) is 6.93. The third kappa shape index (κ3) is 5.79. The number of nitrogens with two attached hydrogens (primary N) is 1. The molecular weight excluding hydrogens is 380 g/mol. The molecule has 4 N–H and O–H groups in total. The maximum Gasteiger partial charge on any atom is 0.407 e. The fourth-order valence-corrected chi connectivity index (χ4v) is 3.67. The summed E-state index contributed by atoms with van der Waals surface area (Å²) in [4.78, 5) is 12.4. The van der Waals surface area contributed by atoms with Crippen molar-refractivity contribution in [3.63, 3.8) is 0 Å². The van der Waals surface area contributed by atoms with Crippen LogP contribution in [0.25, 0.3) is 0 Å². The van der Waals surface area contributed by atoms with Crippen LogP contribution in [0, 0.1) is 13.8 Å². The van der Waals surface area contributed by atoms with Crippen LogP contribution < -0.4 is 5.73 Å². The first kappa shape index (κ1) is 21.9. The zero-order chi connectivity index (χ0) is 20.9. The molecule has 0 unspecified atom stereocenters. The van der Waals surface area contributed by atoms with Gasteiger partial charge in [-0.25, -0.2) is 4.79 Å². The standard InChI is InChI=1S/C13H18N2O2.C7H8O3S/c1-9-4-2-3-5-10(9)11-8-15(13(16)17)7-6-12(11)14;1-6-2-4-7(5-3-6)11(8,9)10/h2-5,11-12H,6-8,14H2,1H3,(H,16,17);2-5H,1H3,(H,8,9,10)/t11-,12+;/m0./s1. The maximum atomic E-state index is 11.0. The Labute approximate surface area is 165 Å². The molecule has 0 spiro atoms. The van der Waals surface area contributed by atoms with E-state index >= 15 is 0 Å². The molecule has 0 radical (unpaired) electrons. The number of nitrogens with zero attached hydrogens (tertiary/aromatic N) is 1. The first-order valence-electron chi connectivity index (χ1n) is 8.92. The van der Waals surface area contributed by atoms with Crippen molar-refractivity contribution >= 4 is 16.2 Å². The lowest BCUT2D eigenvalue weighted by Crippen LogP contribution is -2.47. The van der Waals surface area contributed by atoms with Gasteiger partial charge in [-0.05, 0) is 43.5 Å². The largest absolute Gasteiger partial charge is 0.465 e. The number of amides is 1. The van der Waals surface area contributed by atoms with Gasteiger partial charge in [-0.3, -0.25) is 4.55 Å². The highest BCUT2D eigenvalue weighted by atomic mass is 32.2. The van der Waals surface area contributed by atoms with E-state index in [0.29, 0.717) is 13.1 Å². The van der Waals surface area contributed by atoms with Crippen molar-refractivity contribution in [2.24, 2.45) is 5.73 Å². The summed E-state index contributed by atoms with van der Waals surface area (Å²) in [6.07, 6.45) is -0.124. The van der Waals surface area contributed by atoms with Gasteiger partial charge in [0, 0.05) is 25.0 Å². The van der Waals surface area contributed by atoms with E-state index < -0.39 is 16.2 Å². The average molecular weight is 407 g/mol. The molecule has 2 aromatic rings. The Kier molecular flexibility index (Phi) is 7.17. The number of hydrogen-bond acceptors (Lipinski definition) is 4. The number of piperidine rings is 1. The van der Waals surface area contributed by atoms with Gasteiger partial charge in [0.15, 0.2) is 0 Å². The quantitative estimate of drug-likeness (QED) is 0.659. The molecule has 2 atom stereocenters. The Morgan fingerprint density at radius 3 is 2.25 bits per heavy atom. The fourth-order valence-electron chi connectivity index (χ4n) is 3.19. The summed E-state index contributed by atoms with van der Waals surface area (Å²) in [5.41, 5.74) is 9.43. The van der Waals surface area contributed by atoms with E-state index in [-0.39, 0.29) is 16.9 Å². The van der Waals surface area contributed by atoms with E-state index in [9.17, 15) is 13.2 Å². The molecule has 1 fully saturated rings. The number of benzene rings is 2. The zero-order valence-electron chi connectivity index (χ0n) is 15.9. The van der Waals surface area contributed by atoms with Gasteiger partial charge in [-0.15, -0.1) is 0 Å². The van der Waals surface area contributed by atoms with Crippen LogP contribution in [0.2, 0.25) is 0 Å². The minimum Gasteiger partial charge on any atom is -0.465 e. The Bertz CT molecular complexity index is 912. The summed E-state index contributed by atoms with van der Waals surface area (Å²) < 4.78 is 29.6. The molecule has 1 aliphatic rings. The average Bonchev–Trinajstić information content (AvgIpc) is 2.63. The lowest BCUT2D eigenvalue weighted by Gasteiger charge is -2.36. The molecule has 1 heterocycles. The predicted molar refractivity (Wildman–Crippen MR) is 107 cm³/mol. The first-order chi connectivity index (χ1) is 13.1. The zero-order valence-corrected chi connectivity index (χ0v) is 16.8. The molecule has 1 amide bonds. The summed E-state index contributed by atoms with van der Waals surface area (Å²) in [6, 6.07) is 14.1. The van der Waals surface area contributed by atoms with Gasteiger partial charge >= 0.3 is 6.09 Å². The van der Waals surface area contributed by atoms with E-state index in [0.717, 1.165) is 12.0 Å². The van der Waals surface area contributed by atoms with Crippen LogP contribution in [-0.4, -0.2) is 48.2 Å². The van der Waals surface area contributed by atoms with Crippen LogP contribution in [0.3, 0.4) is 0 Å². The highest BCUT2D eigenvalue weighted by Crippen LogP contribution is 2.28. The number of hydrogen-bond donors (Lipinski definition) is 3. The van der Waals surface area contributed by atoms with Gasteiger partial charge < -0.3 is 15.7 Å². The second-order valence-corrected chi connectivity index (χ2v) is 8.35. The molecule has 2 aromatic carbocycles. The lowest BCUT2D eigenvalue weighted by atomic mass is 9.84. The number of carboxylic acid groups (broad SMARTS) is 1. The molecule has 0 aliphatic carbocycles. The van der Waals surface area contributed by atoms with Crippen LogP contribution in [0.5, 0.6) is 0 Å². The Balaban J connectivity index is 0.000000221. The van der Waals surface area contributed by atoms with Crippen LogP contribution in [-0.2, 0) is 10.1 Å². The summed E-state index contributed by atoms with van der Waals surface area (Å²) >= 11 is 0. The number of aryl methyl sites for hydroxylation is 2. The van der Waals surface area contributed by atoms with Gasteiger partial charge in [0.1, 0.15) is 0 Å². The van der Waals surface area contributed by atoms with E-state index in [1.165, 1.54) is 28.2 Å². The Morgan fingerprint density at radius 1 is 1.11 bits per heavy atom. The summed E-state index contributed by atoms with van der Waals surface area (Å²) in [7, 11) is -4.02. The van der Waals surface area contributed by atoms with Crippen LogP contribution in [0.1, 0.15) is 29.0 Å². The van der Waals surface area contributed by atoms with Gasteiger partial charge in [0.25, 0.3) is 10.1 Å². The van der Waals surface area contributed by atoms with Crippen molar-refractivity contribution in [3.8, 4) is 0 Å². The van der Waals surface area contributed by atoms with Crippen molar-refractivity contribution in [2.75, 3.05) is 13.1 Å².